The number of benzene rings is 3. The number of nitrogens with zero attached hydrogens (tertiary/aromatic N) is 1. The number of hydrogen-bond acceptors (Lipinski definition) is 6. The largest absolute Gasteiger partial charge is 0.483 e. The molecule has 0 spiro atoms. The van der Waals surface area contributed by atoms with E-state index in [9.17, 15) is 18.0 Å². The van der Waals surface area contributed by atoms with Crippen molar-refractivity contribution in [2.24, 2.45) is 0 Å². The number of nitrogens with one attached hydrogen (secondary N) is 1. The topological polar surface area (TPSA) is 102 Å². The lowest BCUT2D eigenvalue weighted by Crippen LogP contribution is -2.35. The summed E-state index contributed by atoms with van der Waals surface area (Å²) in [4.78, 5) is 24.6. The third-order valence-corrected chi connectivity index (χ3v) is 8.11. The van der Waals surface area contributed by atoms with Gasteiger partial charge < -0.3 is 14.8 Å². The Bertz CT molecular complexity index is 1400. The molecule has 1 amide bonds. The first kappa shape index (κ1) is 27.2. The van der Waals surface area contributed by atoms with E-state index in [1.165, 1.54) is 10.4 Å². The van der Waals surface area contributed by atoms with Gasteiger partial charge in [-0.1, -0.05) is 31.5 Å². The third-order valence-electron chi connectivity index (χ3n) is 6.30. The van der Waals surface area contributed by atoms with E-state index in [4.69, 9.17) is 9.47 Å². The van der Waals surface area contributed by atoms with Crippen LogP contribution in [0.2, 0.25) is 0 Å². The molecule has 0 atom stereocenters. The number of anilines is 2. The standard InChI is InChI=1S/C29H32N2O6S/c1-3-4-18-36-29(33)23-11-13-24(14-12-23)30-28(32)20-37-27-16-15-25(19-21(27)2)38(34,35)31-17-7-9-22-8-5-6-10-26(22)31/h5-6,8,10-16,19H,3-4,7,9,17-18,20H2,1-2H3,(H,30,32). The van der Waals surface area contributed by atoms with Crippen LogP contribution in [-0.4, -0.2) is 40.1 Å². The van der Waals surface area contributed by atoms with Crippen LogP contribution in [0.25, 0.3) is 0 Å². The molecule has 3 aromatic carbocycles. The van der Waals surface area contributed by atoms with Gasteiger partial charge in [0.15, 0.2) is 6.61 Å². The molecule has 0 fully saturated rings. The predicted octanol–water partition coefficient (Wildman–Crippen LogP) is 5.11. The maximum Gasteiger partial charge on any atom is 0.338 e. The van der Waals surface area contributed by atoms with Gasteiger partial charge in [-0.25, -0.2) is 13.2 Å². The highest BCUT2D eigenvalue weighted by atomic mass is 32.2. The predicted molar refractivity (Wildman–Crippen MR) is 146 cm³/mol. The minimum absolute atomic E-state index is 0.178. The monoisotopic (exact) mass is 536 g/mol. The fourth-order valence-corrected chi connectivity index (χ4v) is 5.87. The third kappa shape index (κ3) is 6.34. The Balaban J connectivity index is 1.35. The fourth-order valence-electron chi connectivity index (χ4n) is 4.24. The highest BCUT2D eigenvalue weighted by molar-refractivity contribution is 7.92. The lowest BCUT2D eigenvalue weighted by atomic mass is 10.0. The number of para-hydroxylation sites is 1. The normalized spacial score (nSPS) is 12.9. The van der Waals surface area contributed by atoms with E-state index >= 15 is 0 Å². The van der Waals surface area contributed by atoms with Crippen molar-refractivity contribution in [2.45, 2.75) is 44.4 Å². The molecule has 8 nitrogen and oxygen atoms in total. The zero-order valence-corrected chi connectivity index (χ0v) is 22.4. The minimum Gasteiger partial charge on any atom is -0.483 e. The number of amides is 1. The van der Waals surface area contributed by atoms with E-state index in [1.54, 1.807) is 43.3 Å². The van der Waals surface area contributed by atoms with Crippen LogP contribution >= 0.6 is 0 Å². The van der Waals surface area contributed by atoms with Crippen molar-refractivity contribution in [1.82, 2.24) is 0 Å². The van der Waals surface area contributed by atoms with Crippen LogP contribution in [0, 0.1) is 6.92 Å². The van der Waals surface area contributed by atoms with Crippen molar-refractivity contribution in [1.29, 1.82) is 0 Å². The van der Waals surface area contributed by atoms with Crippen LogP contribution in [0.3, 0.4) is 0 Å². The van der Waals surface area contributed by atoms with Crippen LogP contribution in [0.1, 0.15) is 47.7 Å². The maximum atomic E-state index is 13.4. The van der Waals surface area contributed by atoms with Crippen molar-refractivity contribution >= 4 is 33.3 Å². The van der Waals surface area contributed by atoms with Crippen LogP contribution in [0.15, 0.2) is 71.6 Å². The minimum atomic E-state index is -3.74. The number of sulfonamides is 1. The number of carbonyl (C=O) groups is 2. The van der Waals surface area contributed by atoms with Gasteiger partial charge >= 0.3 is 5.97 Å². The Kier molecular flexibility index (Phi) is 8.68. The Morgan fingerprint density at radius 2 is 1.79 bits per heavy atom. The molecule has 1 N–H and O–H groups in total. The van der Waals surface area contributed by atoms with E-state index in [1.807, 2.05) is 31.2 Å². The number of esters is 1. The summed E-state index contributed by atoms with van der Waals surface area (Å²) in [6.45, 7) is 4.31. The SMILES string of the molecule is CCCCOC(=O)c1ccc(NC(=O)COc2ccc(S(=O)(=O)N3CCCc4ccccc43)cc2C)cc1. The summed E-state index contributed by atoms with van der Waals surface area (Å²) >= 11 is 0. The van der Waals surface area contributed by atoms with Crippen LogP contribution in [0.4, 0.5) is 11.4 Å². The first-order valence-corrected chi connectivity index (χ1v) is 14.1. The summed E-state index contributed by atoms with van der Waals surface area (Å²) in [5.41, 5.74) is 3.27. The van der Waals surface area contributed by atoms with E-state index in [2.05, 4.69) is 5.32 Å². The Morgan fingerprint density at radius 3 is 2.53 bits per heavy atom. The van der Waals surface area contributed by atoms with Crippen molar-refractivity contribution < 1.29 is 27.5 Å². The summed E-state index contributed by atoms with van der Waals surface area (Å²) in [5.74, 6) is -0.363. The van der Waals surface area contributed by atoms with Gasteiger partial charge in [0.2, 0.25) is 0 Å². The van der Waals surface area contributed by atoms with Crippen molar-refractivity contribution in [3.05, 3.63) is 83.4 Å². The average molecular weight is 537 g/mol. The smallest absolute Gasteiger partial charge is 0.338 e. The molecule has 0 aliphatic carbocycles. The molecule has 38 heavy (non-hydrogen) atoms. The van der Waals surface area contributed by atoms with Crippen LogP contribution in [0.5, 0.6) is 5.75 Å². The summed E-state index contributed by atoms with van der Waals surface area (Å²) in [7, 11) is -3.74. The lowest BCUT2D eigenvalue weighted by Gasteiger charge is -2.30. The van der Waals surface area contributed by atoms with E-state index < -0.39 is 16.0 Å². The molecule has 0 saturated heterocycles. The molecule has 0 radical (unpaired) electrons. The molecule has 1 aliphatic rings. The summed E-state index contributed by atoms with van der Waals surface area (Å²) < 4.78 is 39.1. The zero-order valence-electron chi connectivity index (χ0n) is 21.6. The summed E-state index contributed by atoms with van der Waals surface area (Å²) in [5, 5.41) is 2.72. The number of unbranched alkanes of at least 4 members (excludes halogenated alkanes) is 1. The second-order valence-corrected chi connectivity index (χ2v) is 11.0. The number of hydrogen-bond donors (Lipinski definition) is 1. The summed E-state index contributed by atoms with van der Waals surface area (Å²) in [6.07, 6.45) is 3.37. The van der Waals surface area contributed by atoms with Crippen LogP contribution in [-0.2, 0) is 26.0 Å². The number of rotatable bonds is 10. The molecule has 1 aliphatic heterocycles. The quantitative estimate of drug-likeness (QED) is 0.285. The molecule has 0 unspecified atom stereocenters. The van der Waals surface area contributed by atoms with E-state index in [-0.39, 0.29) is 17.4 Å². The summed E-state index contributed by atoms with van der Waals surface area (Å²) in [6, 6.07) is 18.6. The van der Waals surface area contributed by atoms with Crippen molar-refractivity contribution in [3.63, 3.8) is 0 Å². The molecule has 0 bridgehead atoms. The van der Waals surface area contributed by atoms with E-state index in [0.717, 1.165) is 36.9 Å². The van der Waals surface area contributed by atoms with Gasteiger partial charge in [-0.3, -0.25) is 9.10 Å². The molecule has 200 valence electrons. The molecular weight excluding hydrogens is 504 g/mol. The van der Waals surface area contributed by atoms with Gasteiger partial charge in [0.1, 0.15) is 5.75 Å². The number of aryl methyl sites for hydroxylation is 2. The first-order valence-electron chi connectivity index (χ1n) is 12.7. The molecule has 0 saturated carbocycles. The van der Waals surface area contributed by atoms with Crippen LogP contribution < -0.4 is 14.4 Å². The van der Waals surface area contributed by atoms with Crippen molar-refractivity contribution in [2.75, 3.05) is 29.4 Å². The highest BCUT2D eigenvalue weighted by Crippen LogP contribution is 2.33. The number of ether oxygens (including phenoxy) is 2. The molecule has 9 heteroatoms. The van der Waals surface area contributed by atoms with Gasteiger partial charge in [0.25, 0.3) is 15.9 Å². The lowest BCUT2D eigenvalue weighted by molar-refractivity contribution is -0.118. The second-order valence-electron chi connectivity index (χ2n) is 9.14. The zero-order chi connectivity index (χ0) is 27.1. The molecule has 0 aromatic heterocycles. The number of fused-ring (bicyclic) bond motifs is 1. The van der Waals surface area contributed by atoms with Crippen molar-refractivity contribution in [3.8, 4) is 5.75 Å². The maximum absolute atomic E-state index is 13.4. The average Bonchev–Trinajstić information content (AvgIpc) is 2.92. The fraction of sp³-hybridized carbons (Fsp3) is 0.310. The van der Waals surface area contributed by atoms with Gasteiger partial charge in [-0.2, -0.15) is 0 Å². The Labute approximate surface area is 223 Å². The van der Waals surface area contributed by atoms with E-state index in [0.29, 0.717) is 35.7 Å². The molecular formula is C29H32N2O6S. The van der Waals surface area contributed by atoms with Gasteiger partial charge in [0.05, 0.1) is 22.8 Å². The Morgan fingerprint density at radius 1 is 1.03 bits per heavy atom. The number of carbonyl (C=O) groups excluding carboxylic acids is 2. The van der Waals surface area contributed by atoms with Gasteiger partial charge in [-0.05, 0) is 85.8 Å². The van der Waals surface area contributed by atoms with Gasteiger partial charge in [0, 0.05) is 12.2 Å². The molecule has 4 rings (SSSR count). The highest BCUT2D eigenvalue weighted by Gasteiger charge is 2.29. The Hall–Kier alpha value is -3.85. The second kappa shape index (κ2) is 12.1. The first-order chi connectivity index (χ1) is 18.3. The molecule has 1 heterocycles. The molecule has 3 aromatic rings. The van der Waals surface area contributed by atoms with Gasteiger partial charge in [-0.15, -0.1) is 0 Å².